The SMILES string of the molecule is Cc1oc(-c2ccccc2)nc1C(=O)Nc1ccc(N2CCCC2)nc1. The van der Waals surface area contributed by atoms with Gasteiger partial charge in [-0.15, -0.1) is 0 Å². The van der Waals surface area contributed by atoms with Crippen LogP contribution in [0.25, 0.3) is 11.5 Å². The second-order valence-electron chi connectivity index (χ2n) is 6.34. The van der Waals surface area contributed by atoms with E-state index in [1.54, 1.807) is 13.1 Å². The number of carbonyl (C=O) groups is 1. The number of benzene rings is 1. The molecule has 0 unspecified atom stereocenters. The zero-order chi connectivity index (χ0) is 17.9. The van der Waals surface area contributed by atoms with E-state index >= 15 is 0 Å². The number of pyridine rings is 1. The van der Waals surface area contributed by atoms with Gasteiger partial charge in [0.2, 0.25) is 5.89 Å². The molecule has 1 aliphatic heterocycles. The Kier molecular flexibility index (Phi) is 4.39. The van der Waals surface area contributed by atoms with Gasteiger partial charge >= 0.3 is 0 Å². The van der Waals surface area contributed by atoms with Gasteiger partial charge < -0.3 is 14.6 Å². The molecule has 6 heteroatoms. The Labute approximate surface area is 151 Å². The second kappa shape index (κ2) is 7.00. The highest BCUT2D eigenvalue weighted by Gasteiger charge is 2.19. The fraction of sp³-hybridized carbons (Fsp3) is 0.250. The summed E-state index contributed by atoms with van der Waals surface area (Å²) >= 11 is 0. The molecule has 3 aromatic rings. The van der Waals surface area contributed by atoms with Crippen molar-refractivity contribution in [1.82, 2.24) is 9.97 Å². The van der Waals surface area contributed by atoms with E-state index in [0.717, 1.165) is 24.5 Å². The van der Waals surface area contributed by atoms with Crippen LogP contribution in [0, 0.1) is 6.92 Å². The minimum atomic E-state index is -0.302. The maximum absolute atomic E-state index is 12.5. The van der Waals surface area contributed by atoms with Crippen molar-refractivity contribution >= 4 is 17.4 Å². The van der Waals surface area contributed by atoms with E-state index in [1.807, 2.05) is 42.5 Å². The molecule has 0 aliphatic carbocycles. The van der Waals surface area contributed by atoms with Crippen molar-refractivity contribution in [3.05, 3.63) is 60.1 Å². The van der Waals surface area contributed by atoms with E-state index in [-0.39, 0.29) is 11.6 Å². The minimum absolute atomic E-state index is 0.285. The van der Waals surface area contributed by atoms with Crippen LogP contribution in [0.2, 0.25) is 0 Å². The summed E-state index contributed by atoms with van der Waals surface area (Å²) < 4.78 is 5.65. The molecule has 0 radical (unpaired) electrons. The van der Waals surface area contributed by atoms with Crippen molar-refractivity contribution in [2.24, 2.45) is 0 Å². The topological polar surface area (TPSA) is 71.3 Å². The van der Waals surface area contributed by atoms with Gasteiger partial charge in [-0.2, -0.15) is 0 Å². The van der Waals surface area contributed by atoms with Crippen molar-refractivity contribution in [2.45, 2.75) is 19.8 Å². The number of carbonyl (C=O) groups excluding carboxylic acids is 1. The molecule has 6 nitrogen and oxygen atoms in total. The Morgan fingerprint density at radius 2 is 1.88 bits per heavy atom. The predicted molar refractivity (Wildman–Crippen MR) is 100 cm³/mol. The van der Waals surface area contributed by atoms with Gasteiger partial charge in [-0.25, -0.2) is 9.97 Å². The van der Waals surface area contributed by atoms with Crippen molar-refractivity contribution in [1.29, 1.82) is 0 Å². The lowest BCUT2D eigenvalue weighted by Gasteiger charge is -2.16. The molecule has 0 saturated carbocycles. The van der Waals surface area contributed by atoms with E-state index in [4.69, 9.17) is 4.42 Å². The quantitative estimate of drug-likeness (QED) is 0.774. The fourth-order valence-electron chi connectivity index (χ4n) is 3.09. The molecule has 4 rings (SSSR count). The third-order valence-corrected chi connectivity index (χ3v) is 4.47. The Bertz CT molecular complexity index is 897. The molecule has 3 heterocycles. The van der Waals surface area contributed by atoms with Gasteiger partial charge in [0, 0.05) is 18.7 Å². The molecule has 1 N–H and O–H groups in total. The first-order chi connectivity index (χ1) is 12.7. The van der Waals surface area contributed by atoms with Crippen LogP contribution in [0.1, 0.15) is 29.1 Å². The number of rotatable bonds is 4. The minimum Gasteiger partial charge on any atom is -0.441 e. The van der Waals surface area contributed by atoms with E-state index in [9.17, 15) is 4.79 Å². The summed E-state index contributed by atoms with van der Waals surface area (Å²) in [5, 5.41) is 2.84. The summed E-state index contributed by atoms with van der Waals surface area (Å²) in [6.45, 7) is 3.82. The van der Waals surface area contributed by atoms with Crippen LogP contribution < -0.4 is 10.2 Å². The van der Waals surface area contributed by atoms with Gasteiger partial charge in [0.1, 0.15) is 11.6 Å². The average Bonchev–Trinajstić information content (AvgIpc) is 3.33. The molecule has 1 fully saturated rings. The lowest BCUT2D eigenvalue weighted by atomic mass is 10.2. The predicted octanol–water partition coefficient (Wildman–Crippen LogP) is 3.90. The molecule has 1 aliphatic rings. The highest BCUT2D eigenvalue weighted by Crippen LogP contribution is 2.23. The first-order valence-electron chi connectivity index (χ1n) is 8.76. The summed E-state index contributed by atoms with van der Waals surface area (Å²) in [5.74, 6) is 1.58. The smallest absolute Gasteiger partial charge is 0.277 e. The number of nitrogens with zero attached hydrogens (tertiary/aromatic N) is 3. The third-order valence-electron chi connectivity index (χ3n) is 4.47. The van der Waals surface area contributed by atoms with Crippen LogP contribution >= 0.6 is 0 Å². The first kappa shape index (κ1) is 16.3. The van der Waals surface area contributed by atoms with E-state index < -0.39 is 0 Å². The molecule has 0 spiro atoms. The largest absolute Gasteiger partial charge is 0.441 e. The van der Waals surface area contributed by atoms with Crippen LogP contribution in [-0.2, 0) is 0 Å². The number of anilines is 2. The lowest BCUT2D eigenvalue weighted by Crippen LogP contribution is -2.19. The van der Waals surface area contributed by atoms with Crippen molar-refractivity contribution in [2.75, 3.05) is 23.3 Å². The molecule has 1 amide bonds. The number of aromatic nitrogens is 2. The first-order valence-corrected chi connectivity index (χ1v) is 8.76. The number of hydrogen-bond acceptors (Lipinski definition) is 5. The summed E-state index contributed by atoms with van der Waals surface area (Å²) in [6.07, 6.45) is 4.09. The van der Waals surface area contributed by atoms with Crippen molar-refractivity contribution in [3.8, 4) is 11.5 Å². The van der Waals surface area contributed by atoms with E-state index in [2.05, 4.69) is 20.2 Å². The maximum Gasteiger partial charge on any atom is 0.277 e. The zero-order valence-corrected chi connectivity index (χ0v) is 14.6. The van der Waals surface area contributed by atoms with Crippen LogP contribution in [0.5, 0.6) is 0 Å². The van der Waals surface area contributed by atoms with Crippen LogP contribution in [0.3, 0.4) is 0 Å². The fourth-order valence-corrected chi connectivity index (χ4v) is 3.09. The highest BCUT2D eigenvalue weighted by atomic mass is 16.4. The molecule has 2 aromatic heterocycles. The van der Waals surface area contributed by atoms with Crippen LogP contribution in [-0.4, -0.2) is 29.0 Å². The van der Waals surface area contributed by atoms with Gasteiger partial charge in [0.25, 0.3) is 5.91 Å². The summed E-state index contributed by atoms with van der Waals surface area (Å²) in [6, 6.07) is 13.3. The van der Waals surface area contributed by atoms with Gasteiger partial charge in [-0.05, 0) is 44.0 Å². The summed E-state index contributed by atoms with van der Waals surface area (Å²) in [7, 11) is 0. The second-order valence-corrected chi connectivity index (χ2v) is 6.34. The number of oxazole rings is 1. The van der Waals surface area contributed by atoms with Crippen molar-refractivity contribution in [3.63, 3.8) is 0 Å². The Morgan fingerprint density at radius 1 is 1.12 bits per heavy atom. The van der Waals surface area contributed by atoms with Crippen molar-refractivity contribution < 1.29 is 9.21 Å². The normalized spacial score (nSPS) is 13.8. The molecule has 1 saturated heterocycles. The summed E-state index contributed by atoms with van der Waals surface area (Å²) in [5.41, 5.74) is 1.76. The highest BCUT2D eigenvalue weighted by molar-refractivity contribution is 6.03. The zero-order valence-electron chi connectivity index (χ0n) is 14.6. The van der Waals surface area contributed by atoms with Gasteiger partial charge in [0.15, 0.2) is 5.69 Å². The Morgan fingerprint density at radius 3 is 2.58 bits per heavy atom. The molecule has 1 aromatic carbocycles. The third kappa shape index (κ3) is 3.31. The number of amides is 1. The standard InChI is InChI=1S/C20H20N4O2/c1-14-18(23-20(26-14)15-7-3-2-4-8-15)19(25)22-16-9-10-17(21-13-16)24-11-5-6-12-24/h2-4,7-10,13H,5-6,11-12H2,1H3,(H,22,25). The maximum atomic E-state index is 12.5. The number of nitrogens with one attached hydrogen (secondary N) is 1. The molecule has 0 bridgehead atoms. The number of hydrogen-bond donors (Lipinski definition) is 1. The lowest BCUT2D eigenvalue weighted by molar-refractivity contribution is 0.102. The average molecular weight is 348 g/mol. The molecular weight excluding hydrogens is 328 g/mol. The Hall–Kier alpha value is -3.15. The van der Waals surface area contributed by atoms with Crippen LogP contribution in [0.4, 0.5) is 11.5 Å². The molecule has 26 heavy (non-hydrogen) atoms. The number of aryl methyl sites for hydroxylation is 1. The van der Waals surface area contributed by atoms with Gasteiger partial charge in [-0.1, -0.05) is 18.2 Å². The monoisotopic (exact) mass is 348 g/mol. The molecule has 132 valence electrons. The van der Waals surface area contributed by atoms with Gasteiger partial charge in [-0.3, -0.25) is 4.79 Å². The Balaban J connectivity index is 1.49. The van der Waals surface area contributed by atoms with Crippen LogP contribution in [0.15, 0.2) is 53.1 Å². The van der Waals surface area contributed by atoms with Gasteiger partial charge in [0.05, 0.1) is 11.9 Å². The van der Waals surface area contributed by atoms with E-state index in [1.165, 1.54) is 12.8 Å². The van der Waals surface area contributed by atoms with E-state index in [0.29, 0.717) is 17.3 Å². The molecule has 0 atom stereocenters. The summed E-state index contributed by atoms with van der Waals surface area (Å²) in [4.78, 5) is 23.6. The molecular formula is C20H20N4O2.